The maximum absolute atomic E-state index is 12.5. The Bertz CT molecular complexity index is 739. The number of carbonyl (C=O) groups is 1. The van der Waals surface area contributed by atoms with Gasteiger partial charge in [-0.05, 0) is 36.1 Å². The summed E-state index contributed by atoms with van der Waals surface area (Å²) < 4.78 is 0. The van der Waals surface area contributed by atoms with Crippen molar-refractivity contribution in [3.05, 3.63) is 51.2 Å². The first-order chi connectivity index (χ1) is 11.2. The van der Waals surface area contributed by atoms with Crippen molar-refractivity contribution in [3.8, 4) is 6.07 Å². The van der Waals surface area contributed by atoms with Crippen LogP contribution in [0.4, 0.5) is 5.69 Å². The highest BCUT2D eigenvalue weighted by atomic mass is 35.5. The van der Waals surface area contributed by atoms with Crippen molar-refractivity contribution >= 4 is 34.5 Å². The van der Waals surface area contributed by atoms with Gasteiger partial charge in [0.15, 0.2) is 0 Å². The predicted molar refractivity (Wildman–Crippen MR) is 93.2 cm³/mol. The molecule has 1 fully saturated rings. The molecule has 0 unspecified atom stereocenters. The van der Waals surface area contributed by atoms with E-state index >= 15 is 0 Å². The average molecular weight is 346 g/mol. The van der Waals surface area contributed by atoms with Gasteiger partial charge in [-0.1, -0.05) is 11.6 Å². The molecule has 0 spiro atoms. The zero-order valence-electron chi connectivity index (χ0n) is 12.5. The fourth-order valence-electron chi connectivity index (χ4n) is 2.74. The van der Waals surface area contributed by atoms with Crippen molar-refractivity contribution in [2.24, 2.45) is 0 Å². The molecular weight excluding hydrogens is 330 g/mol. The highest BCUT2D eigenvalue weighted by Crippen LogP contribution is 2.24. The van der Waals surface area contributed by atoms with Gasteiger partial charge in [-0.2, -0.15) is 16.6 Å². The molecule has 0 saturated carbocycles. The molecule has 1 aromatic heterocycles. The summed E-state index contributed by atoms with van der Waals surface area (Å²) >= 11 is 7.66. The molecule has 0 bridgehead atoms. The summed E-state index contributed by atoms with van der Waals surface area (Å²) in [6.07, 6.45) is 0.910. The van der Waals surface area contributed by atoms with Crippen LogP contribution in [0.15, 0.2) is 35.0 Å². The van der Waals surface area contributed by atoms with E-state index in [0.717, 1.165) is 37.3 Å². The first-order valence-corrected chi connectivity index (χ1v) is 8.77. The van der Waals surface area contributed by atoms with Crippen molar-refractivity contribution in [3.63, 3.8) is 0 Å². The van der Waals surface area contributed by atoms with E-state index in [1.165, 1.54) is 0 Å². The molecule has 0 radical (unpaired) electrons. The maximum atomic E-state index is 12.5. The van der Waals surface area contributed by atoms with Crippen LogP contribution in [0.2, 0.25) is 5.02 Å². The quantitative estimate of drug-likeness (QED) is 0.835. The van der Waals surface area contributed by atoms with E-state index in [4.69, 9.17) is 16.9 Å². The number of nitrogens with zero attached hydrogens (tertiary/aromatic N) is 3. The minimum Gasteiger partial charge on any atom is -0.370 e. The summed E-state index contributed by atoms with van der Waals surface area (Å²) in [7, 11) is 0. The Morgan fingerprint density at radius 1 is 1.22 bits per heavy atom. The second kappa shape index (κ2) is 7.03. The first kappa shape index (κ1) is 15.9. The fraction of sp³-hybridized carbons (Fsp3) is 0.294. The van der Waals surface area contributed by atoms with Crippen LogP contribution < -0.4 is 4.90 Å². The third-order valence-electron chi connectivity index (χ3n) is 3.99. The van der Waals surface area contributed by atoms with E-state index in [-0.39, 0.29) is 5.91 Å². The number of hydrogen-bond acceptors (Lipinski definition) is 4. The Balaban J connectivity index is 1.70. The van der Waals surface area contributed by atoms with E-state index in [2.05, 4.69) is 11.0 Å². The predicted octanol–water partition coefficient (Wildman–Crippen LogP) is 3.63. The molecule has 6 heteroatoms. The fourth-order valence-corrected chi connectivity index (χ4v) is 3.59. The van der Waals surface area contributed by atoms with Crippen LogP contribution >= 0.6 is 22.9 Å². The van der Waals surface area contributed by atoms with E-state index in [1.807, 2.05) is 33.9 Å². The number of anilines is 1. The molecule has 118 valence electrons. The Morgan fingerprint density at radius 3 is 2.78 bits per heavy atom. The van der Waals surface area contributed by atoms with Gasteiger partial charge in [0.2, 0.25) is 0 Å². The third-order valence-corrected chi connectivity index (χ3v) is 4.99. The smallest absolute Gasteiger partial charge is 0.254 e. The minimum absolute atomic E-state index is 0.103. The number of benzene rings is 1. The van der Waals surface area contributed by atoms with Crippen LogP contribution in [0.1, 0.15) is 22.3 Å². The molecule has 1 amide bonds. The monoisotopic (exact) mass is 345 g/mol. The maximum Gasteiger partial charge on any atom is 0.254 e. The molecule has 2 aromatic rings. The summed E-state index contributed by atoms with van der Waals surface area (Å²) in [6, 6.07) is 9.44. The number of nitriles is 1. The topological polar surface area (TPSA) is 47.3 Å². The lowest BCUT2D eigenvalue weighted by Crippen LogP contribution is -2.35. The van der Waals surface area contributed by atoms with Gasteiger partial charge in [-0.25, -0.2) is 0 Å². The lowest BCUT2D eigenvalue weighted by atomic mass is 10.2. The second-order valence-corrected chi connectivity index (χ2v) is 6.61. The Morgan fingerprint density at radius 2 is 2.09 bits per heavy atom. The summed E-state index contributed by atoms with van der Waals surface area (Å²) in [4.78, 5) is 16.6. The number of amides is 1. The van der Waals surface area contributed by atoms with Crippen LogP contribution in [0.3, 0.4) is 0 Å². The summed E-state index contributed by atoms with van der Waals surface area (Å²) in [5.74, 6) is 0.103. The molecule has 23 heavy (non-hydrogen) atoms. The van der Waals surface area contributed by atoms with Crippen LogP contribution in [0, 0.1) is 11.3 Å². The molecule has 1 aliphatic heterocycles. The molecule has 2 heterocycles. The normalized spacial score (nSPS) is 15.1. The standard InChI is InChI=1S/C17H16ClN3OS/c18-16-10-15(3-2-13(16)11-19)20-5-1-6-21(8-7-20)17(22)14-4-9-23-12-14/h2-4,9-10,12H,1,5-8H2. The number of thiophene rings is 1. The largest absolute Gasteiger partial charge is 0.370 e. The van der Waals surface area contributed by atoms with E-state index in [9.17, 15) is 4.79 Å². The minimum atomic E-state index is 0.103. The molecular formula is C17H16ClN3OS. The van der Waals surface area contributed by atoms with Gasteiger partial charge in [0.25, 0.3) is 5.91 Å². The van der Waals surface area contributed by atoms with Crippen LogP contribution in [-0.4, -0.2) is 37.0 Å². The molecule has 1 saturated heterocycles. The van der Waals surface area contributed by atoms with Crippen molar-refractivity contribution in [2.75, 3.05) is 31.1 Å². The van der Waals surface area contributed by atoms with Gasteiger partial charge in [0.1, 0.15) is 6.07 Å². The lowest BCUT2D eigenvalue weighted by Gasteiger charge is -2.24. The van der Waals surface area contributed by atoms with Crippen LogP contribution in [0.25, 0.3) is 0 Å². The Hall–Kier alpha value is -2.03. The van der Waals surface area contributed by atoms with Gasteiger partial charge in [0, 0.05) is 37.2 Å². The van der Waals surface area contributed by atoms with Crippen LogP contribution in [-0.2, 0) is 0 Å². The number of hydrogen-bond donors (Lipinski definition) is 0. The second-order valence-electron chi connectivity index (χ2n) is 5.42. The van der Waals surface area contributed by atoms with Gasteiger partial charge in [0.05, 0.1) is 16.1 Å². The molecule has 0 atom stereocenters. The van der Waals surface area contributed by atoms with Gasteiger partial charge >= 0.3 is 0 Å². The number of halogens is 1. The summed E-state index contributed by atoms with van der Waals surface area (Å²) in [5, 5.41) is 13.3. The van der Waals surface area contributed by atoms with Crippen LogP contribution in [0.5, 0.6) is 0 Å². The van der Waals surface area contributed by atoms with E-state index < -0.39 is 0 Å². The van der Waals surface area contributed by atoms with Crippen molar-refractivity contribution in [1.82, 2.24) is 4.90 Å². The first-order valence-electron chi connectivity index (χ1n) is 7.45. The van der Waals surface area contributed by atoms with Crippen molar-refractivity contribution in [1.29, 1.82) is 5.26 Å². The molecule has 0 N–H and O–H groups in total. The number of carbonyl (C=O) groups excluding carboxylic acids is 1. The summed E-state index contributed by atoms with van der Waals surface area (Å²) in [5.41, 5.74) is 2.25. The van der Waals surface area contributed by atoms with Crippen molar-refractivity contribution < 1.29 is 4.79 Å². The zero-order chi connectivity index (χ0) is 16.2. The molecule has 4 nitrogen and oxygen atoms in total. The highest BCUT2D eigenvalue weighted by Gasteiger charge is 2.21. The van der Waals surface area contributed by atoms with Gasteiger partial charge < -0.3 is 9.80 Å². The van der Waals surface area contributed by atoms with E-state index in [1.54, 1.807) is 17.4 Å². The number of rotatable bonds is 2. The van der Waals surface area contributed by atoms with Crippen molar-refractivity contribution in [2.45, 2.75) is 6.42 Å². The van der Waals surface area contributed by atoms with Gasteiger partial charge in [-0.3, -0.25) is 4.79 Å². The van der Waals surface area contributed by atoms with Gasteiger partial charge in [-0.15, -0.1) is 0 Å². The zero-order valence-corrected chi connectivity index (χ0v) is 14.1. The average Bonchev–Trinajstić information content (AvgIpc) is 2.98. The highest BCUT2D eigenvalue weighted by molar-refractivity contribution is 7.08. The summed E-state index contributed by atoms with van der Waals surface area (Å²) in [6.45, 7) is 3.08. The van der Waals surface area contributed by atoms with E-state index in [0.29, 0.717) is 17.1 Å². The third kappa shape index (κ3) is 3.49. The molecule has 1 aliphatic rings. The SMILES string of the molecule is N#Cc1ccc(N2CCCN(C(=O)c3ccsc3)CC2)cc1Cl. The molecule has 1 aromatic carbocycles. The molecule has 0 aliphatic carbocycles. The molecule has 3 rings (SSSR count). The Kier molecular flexibility index (Phi) is 4.85. The Labute approximate surface area is 144 Å². The lowest BCUT2D eigenvalue weighted by molar-refractivity contribution is 0.0767.